The van der Waals surface area contributed by atoms with E-state index >= 15 is 0 Å². The second-order valence-electron chi connectivity index (χ2n) is 24.5. The van der Waals surface area contributed by atoms with Gasteiger partial charge in [-0.05, 0) is 69.2 Å². The molecular weight excluding hydrogens is 1170 g/mol. The van der Waals surface area contributed by atoms with Crippen molar-refractivity contribution in [3.05, 3.63) is 93.6 Å². The number of amides is 6. The van der Waals surface area contributed by atoms with Crippen molar-refractivity contribution in [3.63, 3.8) is 0 Å². The minimum Gasteiger partial charge on any atom is -0.507 e. The first kappa shape index (κ1) is 65.3. The molecule has 3 aromatic carbocycles. The zero-order valence-electron chi connectivity index (χ0n) is 51.5. The molecule has 26 heteroatoms. The Bertz CT molecular complexity index is 3310. The number of phenols is 2. The van der Waals surface area contributed by atoms with E-state index in [1.54, 1.807) is 45.2 Å². The van der Waals surface area contributed by atoms with Gasteiger partial charge in [0, 0.05) is 113 Å². The summed E-state index contributed by atoms with van der Waals surface area (Å²) < 4.78 is 42.0. The highest BCUT2D eigenvalue weighted by molar-refractivity contribution is 6.31. The van der Waals surface area contributed by atoms with Crippen LogP contribution in [0.15, 0.2) is 54.6 Å². The molecule has 4 saturated heterocycles. The normalized spacial score (nSPS) is 25.6. The van der Waals surface area contributed by atoms with Gasteiger partial charge in [0.2, 0.25) is 23.5 Å². The van der Waals surface area contributed by atoms with Gasteiger partial charge in [-0.3, -0.25) is 53.1 Å². The number of piperidine rings is 1. The van der Waals surface area contributed by atoms with E-state index < -0.39 is 119 Å². The summed E-state index contributed by atoms with van der Waals surface area (Å²) >= 11 is 0. The van der Waals surface area contributed by atoms with Crippen molar-refractivity contribution >= 4 is 58.7 Å². The summed E-state index contributed by atoms with van der Waals surface area (Å²) in [6.45, 7) is 8.46. The minimum absolute atomic E-state index is 0.0566. The van der Waals surface area contributed by atoms with Crippen LogP contribution in [0.4, 0.5) is 10.5 Å². The molecule has 7 aliphatic rings. The lowest BCUT2D eigenvalue weighted by molar-refractivity contribution is -0.256. The minimum atomic E-state index is -2.22. The SMILES string of the molecule is COc1cccc2c1C(=O)c1c(O)c3c(c(O)c1C2=O)C[C@@](O)(C(=O)CN1CCC(N(C)C(=O)OCc2ccc(NC(=O)C(C)NC(=O)C(NC(=O)CCCCCN4C(=O)C=CC4=O)C(C)C)cc2)CC1)C[C@@H]3O[C@H]1C[C@H]2[C@H](O[C@@H]3[C@@H](OC)OCCN32)[C@H](C)O1. The molecule has 3 aromatic rings. The van der Waals surface area contributed by atoms with Crippen molar-refractivity contribution in [3.8, 4) is 17.2 Å². The van der Waals surface area contributed by atoms with Crippen molar-refractivity contribution in [1.29, 1.82) is 0 Å². The number of likely N-dealkylation sites (tertiary alicyclic amines) is 1. The summed E-state index contributed by atoms with van der Waals surface area (Å²) in [5.41, 5.74) is -2.43. The predicted molar refractivity (Wildman–Crippen MR) is 318 cm³/mol. The summed E-state index contributed by atoms with van der Waals surface area (Å²) in [6, 6.07) is 8.69. The number of imide groups is 1. The average Bonchev–Trinajstić information content (AvgIpc) is 0.870. The highest BCUT2D eigenvalue weighted by atomic mass is 16.7. The molecule has 0 bridgehead atoms. The molecule has 10 atom stereocenters. The van der Waals surface area contributed by atoms with Gasteiger partial charge in [0.1, 0.15) is 47.6 Å². The van der Waals surface area contributed by atoms with E-state index in [2.05, 4.69) is 20.9 Å². The molecule has 2 unspecified atom stereocenters. The molecular formula is C64H79N7O19. The molecule has 2 aliphatic carbocycles. The zero-order chi connectivity index (χ0) is 64.5. The third kappa shape index (κ3) is 13.4. The number of ether oxygens (including phenoxy) is 7. The molecule has 484 valence electrons. The Hall–Kier alpha value is -7.69. The Kier molecular flexibility index (Phi) is 19.9. The van der Waals surface area contributed by atoms with Crippen molar-refractivity contribution in [2.75, 3.05) is 65.9 Å². The lowest BCUT2D eigenvalue weighted by atomic mass is 9.71. The van der Waals surface area contributed by atoms with Crippen LogP contribution in [-0.4, -0.2) is 209 Å². The van der Waals surface area contributed by atoms with Gasteiger partial charge < -0.3 is 69.3 Å². The van der Waals surface area contributed by atoms with Crippen LogP contribution in [0.2, 0.25) is 0 Å². The van der Waals surface area contributed by atoms with E-state index in [0.29, 0.717) is 69.6 Å². The third-order valence-corrected chi connectivity index (χ3v) is 18.2. The summed E-state index contributed by atoms with van der Waals surface area (Å²) in [4.78, 5) is 126. The molecule has 5 aliphatic heterocycles. The topological polar surface area (TPSA) is 328 Å². The van der Waals surface area contributed by atoms with Gasteiger partial charge in [0.15, 0.2) is 30.4 Å². The lowest BCUT2D eigenvalue weighted by Gasteiger charge is -2.44. The number of morpholine rings is 1. The highest BCUT2D eigenvalue weighted by Crippen LogP contribution is 2.53. The molecule has 0 radical (unpaired) electrons. The number of rotatable bonds is 22. The average molecular weight is 1250 g/mol. The van der Waals surface area contributed by atoms with Crippen LogP contribution in [0.25, 0.3) is 0 Å². The number of nitrogens with one attached hydrogen (secondary N) is 3. The Balaban J connectivity index is 0.719. The fourth-order valence-electron chi connectivity index (χ4n) is 13.2. The highest BCUT2D eigenvalue weighted by Gasteiger charge is 2.55. The maximum absolute atomic E-state index is 14.7. The second-order valence-corrected chi connectivity index (χ2v) is 24.5. The standard InChI is InChI=1S/C64H79N7O19/c1-33(2)53(67-45(73)14-9-8-10-23-71-46(74)19-20-47(71)75)60(81)65-34(3)59(80)66-37-17-15-36(16-18-37)32-87-63(82)68(5)38-21-24-69(25-22-38)31-44(72)64(83)29-40-50(57(79)52-51(55(40)77)54(76)39-12-11-13-42(84-6)49(39)56(52)78)43(30-64)89-48-28-41-58(35(4)88-48)90-61-62(85-7)86-27-26-70(41)61/h11-13,15-20,33-35,38,41,43,48,53,58,61-62,77,79,83H,8-10,14,21-32H2,1-7H3,(H,65,81)(H,66,80)(H,67,73)/t34?,35-,41-,43-,48-,53?,58+,61+,62-,64-/m0/s1. The number of hydrogen-bond acceptors (Lipinski definition) is 21. The van der Waals surface area contributed by atoms with Gasteiger partial charge in [-0.2, -0.15) is 0 Å². The number of aliphatic hydroxyl groups is 1. The van der Waals surface area contributed by atoms with Crippen molar-refractivity contribution in [2.24, 2.45) is 5.92 Å². The van der Waals surface area contributed by atoms with Crippen LogP contribution in [0.3, 0.4) is 0 Å². The number of fused-ring (bicyclic) bond motifs is 6. The number of Topliss-reactive ketones (excluding diaryl/α,β-unsaturated/α-hetero) is 1. The fourth-order valence-corrected chi connectivity index (χ4v) is 13.2. The molecule has 5 heterocycles. The van der Waals surface area contributed by atoms with Crippen molar-refractivity contribution < 1.29 is 91.6 Å². The van der Waals surface area contributed by atoms with Crippen LogP contribution < -0.4 is 20.7 Å². The number of carbonyl (C=O) groups excluding carboxylic acids is 9. The van der Waals surface area contributed by atoms with Gasteiger partial charge in [-0.15, -0.1) is 0 Å². The molecule has 6 amide bonds. The van der Waals surface area contributed by atoms with E-state index in [1.165, 1.54) is 56.4 Å². The quantitative estimate of drug-likeness (QED) is 0.0372. The molecule has 6 N–H and O–H groups in total. The zero-order valence-corrected chi connectivity index (χ0v) is 51.5. The fraction of sp³-hybridized carbons (Fsp3) is 0.547. The van der Waals surface area contributed by atoms with Crippen molar-refractivity contribution in [1.82, 2.24) is 30.2 Å². The molecule has 26 nitrogen and oxygen atoms in total. The Morgan fingerprint density at radius 3 is 2.24 bits per heavy atom. The Morgan fingerprint density at radius 2 is 1.56 bits per heavy atom. The van der Waals surface area contributed by atoms with E-state index in [9.17, 15) is 58.5 Å². The predicted octanol–water partition coefficient (Wildman–Crippen LogP) is 3.52. The van der Waals surface area contributed by atoms with Crippen molar-refractivity contribution in [2.45, 2.75) is 159 Å². The number of benzene rings is 3. The number of anilines is 1. The Labute approximate surface area is 520 Å². The summed E-state index contributed by atoms with van der Waals surface area (Å²) in [5.74, 6) is -5.74. The van der Waals surface area contributed by atoms with E-state index in [-0.39, 0.29) is 102 Å². The number of unbranched alkanes of at least 4 members (excludes halogenated alkanes) is 2. The molecule has 0 spiro atoms. The number of carbonyl (C=O) groups is 9. The van der Waals surface area contributed by atoms with Crippen LogP contribution >= 0.6 is 0 Å². The smallest absolute Gasteiger partial charge is 0.410 e. The molecule has 10 rings (SSSR count). The van der Waals surface area contributed by atoms with E-state index in [1.807, 2.05) is 11.8 Å². The van der Waals surface area contributed by atoms with Crippen LogP contribution in [0.5, 0.6) is 17.2 Å². The van der Waals surface area contributed by atoms with Gasteiger partial charge in [-0.25, -0.2) is 4.79 Å². The second kappa shape index (κ2) is 27.4. The van der Waals surface area contributed by atoms with Crippen LogP contribution in [0, 0.1) is 5.92 Å². The number of ketones is 3. The number of methoxy groups -OCH3 is 2. The van der Waals surface area contributed by atoms with Gasteiger partial charge >= 0.3 is 6.09 Å². The van der Waals surface area contributed by atoms with Crippen LogP contribution in [0.1, 0.15) is 134 Å². The summed E-state index contributed by atoms with van der Waals surface area (Å²) in [7, 11) is 4.50. The number of phenolic OH excluding ortho intramolecular Hbond substituents is 2. The first-order valence-electron chi connectivity index (χ1n) is 30.6. The number of nitrogens with zero attached hydrogens (tertiary/aromatic N) is 4. The van der Waals surface area contributed by atoms with E-state index in [0.717, 1.165) is 4.90 Å². The van der Waals surface area contributed by atoms with Gasteiger partial charge in [0.05, 0.1) is 49.2 Å². The Morgan fingerprint density at radius 1 is 0.844 bits per heavy atom. The third-order valence-electron chi connectivity index (χ3n) is 18.2. The molecule has 0 aromatic heterocycles. The number of aromatic hydroxyl groups is 2. The lowest BCUT2D eigenvalue weighted by Crippen LogP contribution is -2.55. The maximum Gasteiger partial charge on any atom is 0.410 e. The molecule has 4 fully saturated rings. The number of hydrogen-bond donors (Lipinski definition) is 6. The summed E-state index contributed by atoms with van der Waals surface area (Å²) in [5, 5.41) is 45.3. The summed E-state index contributed by atoms with van der Waals surface area (Å²) in [6.07, 6.45) is -0.603. The monoisotopic (exact) mass is 1250 g/mol. The van der Waals surface area contributed by atoms with Gasteiger partial charge in [0.25, 0.3) is 11.8 Å². The van der Waals surface area contributed by atoms with Crippen LogP contribution in [-0.2, 0) is 70.2 Å². The van der Waals surface area contributed by atoms with Gasteiger partial charge in [-0.1, -0.05) is 44.5 Å². The molecule has 0 saturated carbocycles. The maximum atomic E-state index is 14.7. The first-order chi connectivity index (χ1) is 43.0. The van der Waals surface area contributed by atoms with E-state index in [4.69, 9.17) is 33.2 Å². The largest absolute Gasteiger partial charge is 0.507 e. The first-order valence-corrected chi connectivity index (χ1v) is 30.6. The molecule has 90 heavy (non-hydrogen) atoms.